The van der Waals surface area contributed by atoms with Crippen LogP contribution in [0.25, 0.3) is 26.3 Å². The van der Waals surface area contributed by atoms with E-state index in [4.69, 9.17) is 11.6 Å². The van der Waals surface area contributed by atoms with E-state index in [-0.39, 0.29) is 5.56 Å². The topological polar surface area (TPSA) is 41.4 Å². The fourth-order valence-electron chi connectivity index (χ4n) is 5.15. The molecule has 162 valence electrons. The average molecular weight is 463 g/mol. The Kier molecular flexibility index (Phi) is 4.82. The molecule has 0 radical (unpaired) electrons. The fraction of sp³-hybridized carbons (Fsp3) is 0.280. The van der Waals surface area contributed by atoms with Crippen LogP contribution in [0, 0.1) is 5.92 Å². The molecule has 2 aliphatic heterocycles. The number of fused-ring (bicyclic) bond motifs is 2. The lowest BCUT2D eigenvalue weighted by molar-refractivity contribution is 0.386. The van der Waals surface area contributed by atoms with Gasteiger partial charge in [0.05, 0.1) is 11.2 Å². The monoisotopic (exact) mass is 462 g/mol. The number of likely N-dealkylation sites (N-methyl/N-ethyl adjacent to an activating group) is 1. The van der Waals surface area contributed by atoms with Crippen molar-refractivity contribution >= 4 is 38.8 Å². The summed E-state index contributed by atoms with van der Waals surface area (Å²) < 4.78 is 2.31. The van der Waals surface area contributed by atoms with Crippen molar-refractivity contribution < 1.29 is 0 Å². The van der Waals surface area contributed by atoms with Crippen molar-refractivity contribution in [2.45, 2.75) is 12.5 Å². The van der Waals surface area contributed by atoms with E-state index in [2.05, 4.69) is 34.0 Å². The number of rotatable bonds is 3. The number of aromatic nitrogens is 2. The summed E-state index contributed by atoms with van der Waals surface area (Å²) in [5.41, 5.74) is 3.81. The van der Waals surface area contributed by atoms with Gasteiger partial charge in [-0.25, -0.2) is 4.98 Å². The molecule has 2 atom stereocenters. The number of hydrogen-bond acceptors (Lipinski definition) is 5. The van der Waals surface area contributed by atoms with Gasteiger partial charge in [0.25, 0.3) is 5.56 Å². The number of benzene rings is 2. The third-order valence-corrected chi connectivity index (χ3v) is 8.17. The minimum Gasteiger partial charge on any atom is -0.367 e. The van der Waals surface area contributed by atoms with Crippen LogP contribution >= 0.6 is 22.9 Å². The Morgan fingerprint density at radius 1 is 1.03 bits per heavy atom. The van der Waals surface area contributed by atoms with Crippen molar-refractivity contribution in [2.24, 2.45) is 5.92 Å². The van der Waals surface area contributed by atoms with Crippen LogP contribution in [0.3, 0.4) is 0 Å². The summed E-state index contributed by atoms with van der Waals surface area (Å²) in [7, 11) is 2.21. The molecule has 4 heterocycles. The molecule has 0 amide bonds. The van der Waals surface area contributed by atoms with Gasteiger partial charge in [-0.15, -0.1) is 11.3 Å². The second-order valence-electron chi connectivity index (χ2n) is 8.80. The zero-order valence-corrected chi connectivity index (χ0v) is 19.3. The number of anilines is 1. The maximum Gasteiger partial charge on any atom is 0.275 e. The first kappa shape index (κ1) is 20.0. The van der Waals surface area contributed by atoms with Crippen LogP contribution in [0.15, 0.2) is 65.7 Å². The smallest absolute Gasteiger partial charge is 0.275 e. The zero-order chi connectivity index (χ0) is 21.8. The first-order valence-corrected chi connectivity index (χ1v) is 12.1. The molecule has 0 N–H and O–H groups in total. The molecule has 4 aromatic rings. The highest BCUT2D eigenvalue weighted by Crippen LogP contribution is 2.35. The van der Waals surface area contributed by atoms with Gasteiger partial charge in [0, 0.05) is 41.3 Å². The molecule has 2 saturated heterocycles. The molecule has 0 aliphatic carbocycles. The highest BCUT2D eigenvalue weighted by atomic mass is 35.5. The number of thiophene rings is 1. The second kappa shape index (κ2) is 7.73. The number of likely N-dealkylation sites (tertiary alicyclic amines) is 1. The standard InChI is InChI=1S/C25H23ClN4OS/c1-28-13-17-10-11-29(22(17)14-28)19-6-8-20(9-7-19)30-15-27-21-12-23(32-24(21)25(30)31)16-2-4-18(26)5-3-16/h2-9,12,15,17,22H,10-11,13-14H2,1H3/t17-,22+/m0/s1. The van der Waals surface area contributed by atoms with Crippen LogP contribution in [-0.2, 0) is 0 Å². The Labute approximate surface area is 195 Å². The van der Waals surface area contributed by atoms with Gasteiger partial charge in [-0.2, -0.15) is 0 Å². The molecule has 2 aromatic carbocycles. The molecule has 7 heteroatoms. The van der Waals surface area contributed by atoms with E-state index >= 15 is 0 Å². The van der Waals surface area contributed by atoms with Crippen LogP contribution in [0.5, 0.6) is 0 Å². The Morgan fingerprint density at radius 3 is 2.56 bits per heavy atom. The van der Waals surface area contributed by atoms with Gasteiger partial charge in [-0.1, -0.05) is 23.7 Å². The normalized spacial score (nSPS) is 20.9. The van der Waals surface area contributed by atoms with E-state index in [9.17, 15) is 4.79 Å². The zero-order valence-electron chi connectivity index (χ0n) is 17.7. The Balaban J connectivity index is 1.31. The predicted octanol–water partition coefficient (Wildman–Crippen LogP) is 4.91. The molecular weight excluding hydrogens is 440 g/mol. The summed E-state index contributed by atoms with van der Waals surface area (Å²) in [6, 6.07) is 18.6. The first-order valence-electron chi connectivity index (χ1n) is 10.9. The van der Waals surface area contributed by atoms with Gasteiger partial charge < -0.3 is 9.80 Å². The number of halogens is 1. The summed E-state index contributed by atoms with van der Waals surface area (Å²) in [6.07, 6.45) is 2.89. The van der Waals surface area contributed by atoms with E-state index in [0.717, 1.165) is 40.7 Å². The predicted molar refractivity (Wildman–Crippen MR) is 132 cm³/mol. The van der Waals surface area contributed by atoms with Gasteiger partial charge in [-0.05, 0) is 67.4 Å². The van der Waals surface area contributed by atoms with Crippen molar-refractivity contribution in [1.29, 1.82) is 0 Å². The highest BCUT2D eigenvalue weighted by Gasteiger charge is 2.39. The summed E-state index contributed by atoms with van der Waals surface area (Å²) in [5.74, 6) is 0.766. The highest BCUT2D eigenvalue weighted by molar-refractivity contribution is 7.22. The van der Waals surface area contributed by atoms with Crippen molar-refractivity contribution in [3.05, 3.63) is 76.3 Å². The quantitative estimate of drug-likeness (QED) is 0.434. The van der Waals surface area contributed by atoms with E-state index in [0.29, 0.717) is 15.8 Å². The molecule has 2 fully saturated rings. The maximum absolute atomic E-state index is 13.3. The SMILES string of the molecule is CN1C[C@@H]2CCN(c3ccc(-n4cnc5cc(-c6ccc(Cl)cc6)sc5c4=O)cc3)[C@@H]2C1. The molecule has 32 heavy (non-hydrogen) atoms. The van der Waals surface area contributed by atoms with Crippen molar-refractivity contribution in [2.75, 3.05) is 31.6 Å². The van der Waals surface area contributed by atoms with Crippen molar-refractivity contribution in [3.8, 4) is 16.1 Å². The number of nitrogens with zero attached hydrogens (tertiary/aromatic N) is 4. The van der Waals surface area contributed by atoms with Crippen LogP contribution in [0.4, 0.5) is 5.69 Å². The Morgan fingerprint density at radius 2 is 1.78 bits per heavy atom. The van der Waals surface area contributed by atoms with E-state index < -0.39 is 0 Å². The van der Waals surface area contributed by atoms with E-state index in [1.165, 1.54) is 30.0 Å². The fourth-order valence-corrected chi connectivity index (χ4v) is 6.32. The third-order valence-electron chi connectivity index (χ3n) is 6.76. The summed E-state index contributed by atoms with van der Waals surface area (Å²) >= 11 is 7.48. The van der Waals surface area contributed by atoms with E-state index in [1.54, 1.807) is 10.9 Å². The van der Waals surface area contributed by atoms with Crippen molar-refractivity contribution in [3.63, 3.8) is 0 Å². The van der Waals surface area contributed by atoms with Crippen molar-refractivity contribution in [1.82, 2.24) is 14.5 Å². The third kappa shape index (κ3) is 3.34. The molecule has 0 unspecified atom stereocenters. The minimum atomic E-state index is -0.0355. The molecule has 0 bridgehead atoms. The number of hydrogen-bond donors (Lipinski definition) is 0. The molecule has 6 rings (SSSR count). The van der Waals surface area contributed by atoms with Crippen LogP contribution < -0.4 is 10.5 Å². The summed E-state index contributed by atoms with van der Waals surface area (Å²) in [5, 5.41) is 0.697. The summed E-state index contributed by atoms with van der Waals surface area (Å²) in [4.78, 5) is 23.8. The summed E-state index contributed by atoms with van der Waals surface area (Å²) in [6.45, 7) is 3.43. The lowest BCUT2D eigenvalue weighted by Crippen LogP contribution is -2.34. The molecule has 0 saturated carbocycles. The van der Waals surface area contributed by atoms with Crippen LogP contribution in [0.2, 0.25) is 5.02 Å². The largest absolute Gasteiger partial charge is 0.367 e. The molecule has 2 aromatic heterocycles. The van der Waals surface area contributed by atoms with Crippen LogP contribution in [0.1, 0.15) is 6.42 Å². The van der Waals surface area contributed by atoms with E-state index in [1.807, 2.05) is 42.5 Å². The second-order valence-corrected chi connectivity index (χ2v) is 10.3. The van der Waals surface area contributed by atoms with Gasteiger partial charge in [0.2, 0.25) is 0 Å². The molecular formula is C25H23ClN4OS. The lowest BCUT2D eigenvalue weighted by atomic mass is 10.0. The van der Waals surface area contributed by atoms with Gasteiger partial charge in [0.1, 0.15) is 11.0 Å². The molecule has 2 aliphatic rings. The molecule has 5 nitrogen and oxygen atoms in total. The van der Waals surface area contributed by atoms with Gasteiger partial charge in [-0.3, -0.25) is 9.36 Å². The Bertz CT molecular complexity index is 1350. The average Bonchev–Trinajstić information content (AvgIpc) is 3.49. The van der Waals surface area contributed by atoms with Gasteiger partial charge >= 0.3 is 0 Å². The van der Waals surface area contributed by atoms with Crippen LogP contribution in [-0.4, -0.2) is 47.2 Å². The Hall–Kier alpha value is -2.67. The minimum absolute atomic E-state index is 0.0355. The lowest BCUT2D eigenvalue weighted by Gasteiger charge is -2.26. The maximum atomic E-state index is 13.3. The first-order chi connectivity index (χ1) is 15.6. The molecule has 0 spiro atoms. The van der Waals surface area contributed by atoms with Gasteiger partial charge in [0.15, 0.2) is 0 Å².